The molecule has 0 saturated carbocycles. The van der Waals surface area contributed by atoms with Gasteiger partial charge in [-0.1, -0.05) is 41.9 Å². The maximum atomic E-state index is 12.2. The molecule has 0 aliphatic rings. The molecule has 4 heteroatoms. The van der Waals surface area contributed by atoms with Crippen LogP contribution in [-0.2, 0) is 5.60 Å². The second-order valence-electron chi connectivity index (χ2n) is 3.01. The Bertz CT molecular complexity index is 342. The normalized spacial score (nSPS) is 14.6. The second kappa shape index (κ2) is 4.07. The van der Waals surface area contributed by atoms with Gasteiger partial charge in [0.05, 0.1) is 0 Å². The molecule has 1 nitrogen and oxygen atoms in total. The molecule has 0 amide bonds. The van der Waals surface area contributed by atoms with Crippen molar-refractivity contribution in [3.8, 4) is 0 Å². The summed E-state index contributed by atoms with van der Waals surface area (Å²) in [4.78, 5) is 0. The SMILES string of the molecule is CC(O)(C(Cl)=C(F)F)c1ccccc1. The van der Waals surface area contributed by atoms with Crippen LogP contribution < -0.4 is 0 Å². The van der Waals surface area contributed by atoms with Crippen molar-refractivity contribution in [2.45, 2.75) is 12.5 Å². The van der Waals surface area contributed by atoms with Crippen LogP contribution in [0.1, 0.15) is 12.5 Å². The van der Waals surface area contributed by atoms with Gasteiger partial charge in [0.2, 0.25) is 0 Å². The Kier molecular flexibility index (Phi) is 3.24. The van der Waals surface area contributed by atoms with E-state index in [-0.39, 0.29) is 0 Å². The van der Waals surface area contributed by atoms with Gasteiger partial charge in [-0.15, -0.1) is 0 Å². The van der Waals surface area contributed by atoms with Gasteiger partial charge in [0.1, 0.15) is 10.6 Å². The minimum Gasteiger partial charge on any atom is -0.380 e. The van der Waals surface area contributed by atoms with Gasteiger partial charge < -0.3 is 5.11 Å². The van der Waals surface area contributed by atoms with Crippen LogP contribution >= 0.6 is 11.6 Å². The standard InChI is InChI=1S/C10H9ClF2O/c1-10(14,8(11)9(12)13)7-5-3-2-4-6-7/h2-6,14H,1H3. The van der Waals surface area contributed by atoms with Crippen LogP contribution in [0, 0.1) is 0 Å². The molecule has 1 atom stereocenters. The molecule has 1 aromatic carbocycles. The Labute approximate surface area is 85.6 Å². The van der Waals surface area contributed by atoms with Crippen LogP contribution in [0.15, 0.2) is 41.4 Å². The highest BCUT2D eigenvalue weighted by Crippen LogP contribution is 2.34. The van der Waals surface area contributed by atoms with Gasteiger partial charge in [-0.2, -0.15) is 8.78 Å². The molecular formula is C10H9ClF2O. The number of rotatable bonds is 2. The molecule has 14 heavy (non-hydrogen) atoms. The van der Waals surface area contributed by atoms with E-state index in [1.807, 2.05) is 0 Å². The highest BCUT2D eigenvalue weighted by atomic mass is 35.5. The van der Waals surface area contributed by atoms with E-state index in [9.17, 15) is 13.9 Å². The summed E-state index contributed by atoms with van der Waals surface area (Å²) < 4.78 is 24.4. The fraction of sp³-hybridized carbons (Fsp3) is 0.200. The average molecular weight is 219 g/mol. The first-order valence-electron chi connectivity index (χ1n) is 3.95. The third-order valence-corrected chi connectivity index (χ3v) is 2.44. The van der Waals surface area contributed by atoms with Crippen molar-refractivity contribution in [1.29, 1.82) is 0 Å². The van der Waals surface area contributed by atoms with Crippen molar-refractivity contribution in [3.05, 3.63) is 47.0 Å². The maximum absolute atomic E-state index is 12.2. The van der Waals surface area contributed by atoms with Gasteiger partial charge in [0.25, 0.3) is 6.08 Å². The van der Waals surface area contributed by atoms with E-state index in [2.05, 4.69) is 0 Å². The van der Waals surface area contributed by atoms with Crippen molar-refractivity contribution in [2.75, 3.05) is 0 Å². The van der Waals surface area contributed by atoms with E-state index >= 15 is 0 Å². The summed E-state index contributed by atoms with van der Waals surface area (Å²) in [7, 11) is 0. The Morgan fingerprint density at radius 3 is 2.21 bits per heavy atom. The fourth-order valence-corrected chi connectivity index (χ4v) is 1.18. The smallest absolute Gasteiger partial charge is 0.288 e. The molecule has 0 saturated heterocycles. The maximum Gasteiger partial charge on any atom is 0.288 e. The van der Waals surface area contributed by atoms with E-state index in [0.717, 1.165) is 0 Å². The fourth-order valence-electron chi connectivity index (χ4n) is 1.07. The number of aliphatic hydroxyl groups is 1. The van der Waals surface area contributed by atoms with Gasteiger partial charge in [0.15, 0.2) is 0 Å². The largest absolute Gasteiger partial charge is 0.380 e. The molecule has 76 valence electrons. The Balaban J connectivity index is 3.15. The summed E-state index contributed by atoms with van der Waals surface area (Å²) in [6.45, 7) is 1.23. The molecule has 1 unspecified atom stereocenters. The Morgan fingerprint density at radius 1 is 1.29 bits per heavy atom. The molecule has 1 N–H and O–H groups in total. The molecule has 0 aliphatic carbocycles. The minimum absolute atomic E-state index is 0.331. The summed E-state index contributed by atoms with van der Waals surface area (Å²) in [5.74, 6) is 0. The van der Waals surface area contributed by atoms with Crippen LogP contribution in [0.4, 0.5) is 8.78 Å². The zero-order valence-corrected chi connectivity index (χ0v) is 8.22. The molecule has 0 aliphatic heterocycles. The van der Waals surface area contributed by atoms with Crippen LogP contribution in [0.2, 0.25) is 0 Å². The van der Waals surface area contributed by atoms with Gasteiger partial charge >= 0.3 is 0 Å². The van der Waals surface area contributed by atoms with Crippen molar-refractivity contribution < 1.29 is 13.9 Å². The number of benzene rings is 1. The van der Waals surface area contributed by atoms with E-state index in [4.69, 9.17) is 11.6 Å². The van der Waals surface area contributed by atoms with Crippen LogP contribution in [0.25, 0.3) is 0 Å². The predicted molar refractivity (Wildman–Crippen MR) is 51.1 cm³/mol. The summed E-state index contributed by atoms with van der Waals surface area (Å²) in [6, 6.07) is 8.08. The van der Waals surface area contributed by atoms with Crippen LogP contribution in [0.3, 0.4) is 0 Å². The third-order valence-electron chi connectivity index (χ3n) is 1.93. The van der Waals surface area contributed by atoms with Crippen molar-refractivity contribution >= 4 is 11.6 Å². The molecule has 0 aromatic heterocycles. The highest BCUT2D eigenvalue weighted by molar-refractivity contribution is 6.30. The topological polar surface area (TPSA) is 20.2 Å². The van der Waals surface area contributed by atoms with E-state index in [1.54, 1.807) is 18.2 Å². The van der Waals surface area contributed by atoms with Gasteiger partial charge in [-0.05, 0) is 12.5 Å². The van der Waals surface area contributed by atoms with E-state index < -0.39 is 16.7 Å². The second-order valence-corrected chi connectivity index (χ2v) is 3.39. The number of hydrogen-bond donors (Lipinski definition) is 1. The summed E-state index contributed by atoms with van der Waals surface area (Å²) in [5.41, 5.74) is -1.50. The van der Waals surface area contributed by atoms with E-state index in [0.29, 0.717) is 5.56 Å². The van der Waals surface area contributed by atoms with Gasteiger partial charge in [-0.25, -0.2) is 0 Å². The summed E-state index contributed by atoms with van der Waals surface area (Å²) in [5, 5.41) is 8.91. The summed E-state index contributed by atoms with van der Waals surface area (Å²) in [6.07, 6.45) is -2.07. The molecular weight excluding hydrogens is 210 g/mol. The molecule has 0 heterocycles. The van der Waals surface area contributed by atoms with Crippen LogP contribution in [0.5, 0.6) is 0 Å². The molecule has 1 aromatic rings. The highest BCUT2D eigenvalue weighted by Gasteiger charge is 2.30. The lowest BCUT2D eigenvalue weighted by Crippen LogP contribution is -2.21. The predicted octanol–water partition coefficient (Wildman–Crippen LogP) is 3.24. The first-order valence-corrected chi connectivity index (χ1v) is 4.33. The molecule has 0 spiro atoms. The molecule has 0 fully saturated rings. The lowest BCUT2D eigenvalue weighted by Gasteiger charge is -2.22. The monoisotopic (exact) mass is 218 g/mol. The van der Waals surface area contributed by atoms with E-state index in [1.165, 1.54) is 19.1 Å². The minimum atomic E-state index is -2.07. The first kappa shape index (κ1) is 11.1. The Morgan fingerprint density at radius 2 is 1.79 bits per heavy atom. The third kappa shape index (κ3) is 2.11. The molecule has 0 radical (unpaired) electrons. The average Bonchev–Trinajstić information content (AvgIpc) is 2.18. The van der Waals surface area contributed by atoms with Crippen molar-refractivity contribution in [3.63, 3.8) is 0 Å². The zero-order valence-electron chi connectivity index (χ0n) is 7.47. The Hall–Kier alpha value is -0.930. The zero-order chi connectivity index (χ0) is 10.8. The molecule has 1 rings (SSSR count). The number of halogens is 3. The van der Waals surface area contributed by atoms with Gasteiger partial charge in [0, 0.05) is 0 Å². The first-order chi connectivity index (χ1) is 6.46. The lowest BCUT2D eigenvalue weighted by atomic mass is 9.96. The van der Waals surface area contributed by atoms with Crippen LogP contribution in [-0.4, -0.2) is 5.11 Å². The summed E-state index contributed by atoms with van der Waals surface area (Å²) >= 11 is 5.32. The van der Waals surface area contributed by atoms with Crippen molar-refractivity contribution in [1.82, 2.24) is 0 Å². The van der Waals surface area contributed by atoms with Crippen molar-refractivity contribution in [2.24, 2.45) is 0 Å². The lowest BCUT2D eigenvalue weighted by molar-refractivity contribution is 0.0997. The molecule has 0 bridgehead atoms. The van der Waals surface area contributed by atoms with Gasteiger partial charge in [-0.3, -0.25) is 0 Å². The number of hydrogen-bond acceptors (Lipinski definition) is 1. The quantitative estimate of drug-likeness (QED) is 0.808.